The average molecular weight is 656 g/mol. The molecule has 2 aromatic carbocycles. The standard InChI is InChI=1S/C26H24Cl2F5N3O5S/c27-16-3-6-21(20(28)13-16)36-23(15-1-4-18(5-2-15)41-42(39,40)12-11-26(31,32)33)19(14-37)22(35-36)24(38)34-17-7-9-25(29,30)10-8-17/h1-6,13,17,37H,7-12,14H2,(H,34,38). The first-order valence-corrected chi connectivity index (χ1v) is 14.9. The molecule has 1 amide bonds. The maximum atomic E-state index is 13.6. The first-order valence-electron chi connectivity index (χ1n) is 12.5. The highest BCUT2D eigenvalue weighted by Gasteiger charge is 2.36. The normalized spacial score (nSPS) is 15.9. The largest absolute Gasteiger partial charge is 0.392 e. The number of hydrogen-bond acceptors (Lipinski definition) is 6. The second-order valence-electron chi connectivity index (χ2n) is 9.68. The van der Waals surface area contributed by atoms with Crippen LogP contribution >= 0.6 is 23.2 Å². The lowest BCUT2D eigenvalue weighted by atomic mass is 9.92. The molecule has 8 nitrogen and oxygen atoms in total. The number of nitrogens with zero attached hydrogens (tertiary/aromatic N) is 2. The van der Waals surface area contributed by atoms with Crippen molar-refractivity contribution in [2.24, 2.45) is 0 Å². The molecule has 0 aliphatic heterocycles. The summed E-state index contributed by atoms with van der Waals surface area (Å²) >= 11 is 12.4. The highest BCUT2D eigenvalue weighted by atomic mass is 35.5. The fourth-order valence-electron chi connectivity index (χ4n) is 4.44. The van der Waals surface area contributed by atoms with Gasteiger partial charge in [0.15, 0.2) is 5.69 Å². The molecule has 1 aliphatic rings. The van der Waals surface area contributed by atoms with Gasteiger partial charge in [-0.25, -0.2) is 13.5 Å². The van der Waals surface area contributed by atoms with Crippen molar-refractivity contribution in [1.29, 1.82) is 0 Å². The van der Waals surface area contributed by atoms with Gasteiger partial charge in [-0.2, -0.15) is 26.7 Å². The molecule has 0 spiro atoms. The zero-order chi connectivity index (χ0) is 30.9. The minimum atomic E-state index is -4.69. The Labute approximate surface area is 247 Å². The molecule has 1 saturated carbocycles. The summed E-state index contributed by atoms with van der Waals surface area (Å²) < 4.78 is 94.6. The molecule has 1 heterocycles. The van der Waals surface area contributed by atoms with Crippen LogP contribution in [0.15, 0.2) is 42.5 Å². The molecular weight excluding hydrogens is 632 g/mol. The first kappa shape index (κ1) is 32.0. The van der Waals surface area contributed by atoms with Crippen molar-refractivity contribution in [3.05, 3.63) is 63.8 Å². The summed E-state index contributed by atoms with van der Waals surface area (Å²) in [5, 5.41) is 17.8. The number of nitrogens with one attached hydrogen (secondary N) is 1. The molecule has 0 unspecified atom stereocenters. The van der Waals surface area contributed by atoms with Gasteiger partial charge in [0.1, 0.15) is 5.75 Å². The Bertz CT molecular complexity index is 1550. The number of aliphatic hydroxyl groups is 1. The molecular formula is C26H24Cl2F5N3O5S. The van der Waals surface area contributed by atoms with Gasteiger partial charge >= 0.3 is 16.3 Å². The molecule has 42 heavy (non-hydrogen) atoms. The van der Waals surface area contributed by atoms with Gasteiger partial charge in [-0.3, -0.25) is 4.79 Å². The van der Waals surface area contributed by atoms with Gasteiger partial charge in [-0.1, -0.05) is 23.2 Å². The van der Waals surface area contributed by atoms with Crippen molar-refractivity contribution < 1.29 is 44.5 Å². The van der Waals surface area contributed by atoms with E-state index < -0.39 is 52.9 Å². The second-order valence-corrected chi connectivity index (χ2v) is 12.2. The molecule has 0 atom stereocenters. The quantitative estimate of drug-likeness (QED) is 0.207. The third kappa shape index (κ3) is 7.91. The van der Waals surface area contributed by atoms with Crippen LogP contribution < -0.4 is 9.50 Å². The molecule has 0 bridgehead atoms. The summed E-state index contributed by atoms with van der Waals surface area (Å²) in [5.41, 5.74) is 0.580. The predicted molar refractivity (Wildman–Crippen MR) is 145 cm³/mol. The van der Waals surface area contributed by atoms with E-state index >= 15 is 0 Å². The first-order chi connectivity index (χ1) is 19.6. The molecule has 16 heteroatoms. The number of hydrogen-bond donors (Lipinski definition) is 2. The maximum Gasteiger partial charge on any atom is 0.390 e. The van der Waals surface area contributed by atoms with E-state index in [0.717, 1.165) is 0 Å². The predicted octanol–water partition coefficient (Wildman–Crippen LogP) is 6.31. The van der Waals surface area contributed by atoms with Crippen molar-refractivity contribution >= 4 is 39.2 Å². The maximum absolute atomic E-state index is 13.6. The summed E-state index contributed by atoms with van der Waals surface area (Å²) in [6.07, 6.45) is -6.93. The smallest absolute Gasteiger partial charge is 0.390 e. The molecule has 1 aliphatic carbocycles. The van der Waals surface area contributed by atoms with Crippen LogP contribution in [-0.4, -0.2) is 53.1 Å². The van der Waals surface area contributed by atoms with Gasteiger partial charge in [-0.15, -0.1) is 0 Å². The van der Waals surface area contributed by atoms with Gasteiger partial charge in [0, 0.05) is 35.0 Å². The number of benzene rings is 2. The van der Waals surface area contributed by atoms with E-state index in [2.05, 4.69) is 10.4 Å². The third-order valence-electron chi connectivity index (χ3n) is 6.53. The topological polar surface area (TPSA) is 111 Å². The number of halogens is 7. The van der Waals surface area contributed by atoms with Gasteiger partial charge in [0.25, 0.3) is 5.91 Å². The monoisotopic (exact) mass is 655 g/mol. The number of amides is 1. The Morgan fingerprint density at radius 2 is 1.76 bits per heavy atom. The zero-order valence-corrected chi connectivity index (χ0v) is 23.9. The zero-order valence-electron chi connectivity index (χ0n) is 21.6. The summed E-state index contributed by atoms with van der Waals surface area (Å²) in [6, 6.07) is 9.00. The highest BCUT2D eigenvalue weighted by molar-refractivity contribution is 7.87. The SMILES string of the molecule is O=C(NC1CCC(F)(F)CC1)c1nn(-c2ccc(Cl)cc2Cl)c(-c2ccc(OS(=O)(=O)CCC(F)(F)F)cc2)c1CO. The number of carbonyl (C=O) groups is 1. The Kier molecular flexibility index (Phi) is 9.40. The summed E-state index contributed by atoms with van der Waals surface area (Å²) in [6.45, 7) is -0.684. The average Bonchev–Trinajstić information content (AvgIpc) is 3.28. The van der Waals surface area contributed by atoms with Crippen LogP contribution in [0, 0.1) is 0 Å². The van der Waals surface area contributed by atoms with E-state index in [1.165, 1.54) is 47.1 Å². The van der Waals surface area contributed by atoms with Gasteiger partial charge < -0.3 is 14.6 Å². The van der Waals surface area contributed by atoms with Gasteiger partial charge in [0.05, 0.1) is 35.2 Å². The molecule has 0 saturated heterocycles. The summed E-state index contributed by atoms with van der Waals surface area (Å²) in [7, 11) is -4.55. The van der Waals surface area contributed by atoms with Crippen molar-refractivity contribution in [3.63, 3.8) is 0 Å². The lowest BCUT2D eigenvalue weighted by molar-refractivity contribution is -0.130. The van der Waals surface area contributed by atoms with E-state index in [0.29, 0.717) is 10.6 Å². The minimum Gasteiger partial charge on any atom is -0.392 e. The van der Waals surface area contributed by atoms with Crippen molar-refractivity contribution in [2.75, 3.05) is 5.75 Å². The lowest BCUT2D eigenvalue weighted by Crippen LogP contribution is -2.40. The van der Waals surface area contributed by atoms with Gasteiger partial charge in [0.2, 0.25) is 5.92 Å². The molecule has 3 aromatic rings. The molecule has 2 N–H and O–H groups in total. The number of aromatic nitrogens is 2. The van der Waals surface area contributed by atoms with Crippen molar-refractivity contribution in [2.45, 2.75) is 56.9 Å². The molecule has 0 radical (unpaired) electrons. The van der Waals surface area contributed by atoms with Crippen molar-refractivity contribution in [3.8, 4) is 22.7 Å². The van der Waals surface area contributed by atoms with E-state index in [-0.39, 0.29) is 59.1 Å². The van der Waals surface area contributed by atoms with Crippen LogP contribution in [0.25, 0.3) is 16.9 Å². The Balaban J connectivity index is 1.70. The van der Waals surface area contributed by atoms with E-state index in [4.69, 9.17) is 27.4 Å². The van der Waals surface area contributed by atoms with E-state index in [9.17, 15) is 40.3 Å². The fourth-order valence-corrected chi connectivity index (χ4v) is 5.90. The molecule has 4 rings (SSSR count). The number of carbonyl (C=O) groups excluding carboxylic acids is 1. The number of aliphatic hydroxyl groups excluding tert-OH is 1. The van der Waals surface area contributed by atoms with Crippen molar-refractivity contribution in [1.82, 2.24) is 15.1 Å². The van der Waals surface area contributed by atoms with E-state index in [1.54, 1.807) is 0 Å². The van der Waals surface area contributed by atoms with Crippen LogP contribution in [0.1, 0.15) is 48.2 Å². The summed E-state index contributed by atoms with van der Waals surface area (Å²) in [4.78, 5) is 13.3. The van der Waals surface area contributed by atoms with E-state index in [1.807, 2.05) is 0 Å². The Morgan fingerprint density at radius 3 is 2.33 bits per heavy atom. The van der Waals surface area contributed by atoms with Crippen LogP contribution in [0.4, 0.5) is 22.0 Å². The van der Waals surface area contributed by atoms with Gasteiger partial charge in [-0.05, 0) is 55.3 Å². The molecule has 1 fully saturated rings. The number of alkyl halides is 5. The van der Waals surface area contributed by atoms with Crippen LogP contribution in [-0.2, 0) is 16.7 Å². The van der Waals surface area contributed by atoms with Crippen LogP contribution in [0.5, 0.6) is 5.75 Å². The molecule has 228 valence electrons. The third-order valence-corrected chi connectivity index (χ3v) is 8.22. The summed E-state index contributed by atoms with van der Waals surface area (Å²) in [5.74, 6) is -5.05. The van der Waals surface area contributed by atoms with Crippen LogP contribution in [0.2, 0.25) is 10.0 Å². The Hall–Kier alpha value is -2.94. The van der Waals surface area contributed by atoms with Crippen LogP contribution in [0.3, 0.4) is 0 Å². The molecule has 1 aromatic heterocycles. The fraction of sp³-hybridized carbons (Fsp3) is 0.385. The highest BCUT2D eigenvalue weighted by Crippen LogP contribution is 2.36. The lowest BCUT2D eigenvalue weighted by Gasteiger charge is -2.28. The second kappa shape index (κ2) is 12.3. The minimum absolute atomic E-state index is 0.0473. The number of rotatable bonds is 9. The Morgan fingerprint density at radius 1 is 1.12 bits per heavy atom.